The van der Waals surface area contributed by atoms with Crippen LogP contribution < -0.4 is 0 Å². The van der Waals surface area contributed by atoms with E-state index < -0.39 is 0 Å². The molecule has 17 heavy (non-hydrogen) atoms. The lowest BCUT2D eigenvalue weighted by molar-refractivity contribution is 1.34. The molecule has 0 atom stereocenters. The van der Waals surface area contributed by atoms with Gasteiger partial charge in [0, 0.05) is 0 Å². The monoisotopic (exact) mass is 219 g/mol. The van der Waals surface area contributed by atoms with Gasteiger partial charge in [-0.3, -0.25) is 0 Å². The normalized spacial score (nSPS) is 10.3. The summed E-state index contributed by atoms with van der Waals surface area (Å²) in [6, 6.07) is 15.8. The van der Waals surface area contributed by atoms with Crippen LogP contribution in [-0.2, 0) is 0 Å². The van der Waals surface area contributed by atoms with E-state index in [0.29, 0.717) is 5.56 Å². The molecule has 1 aromatic heterocycles. The molecule has 1 N–H and O–H groups in total. The number of nitrogens with zero attached hydrogens (tertiary/aromatic N) is 2. The molecule has 0 bridgehead atoms. The number of benzene rings is 2. The predicted octanol–water partition coefficient (Wildman–Crippen LogP) is 3.10. The largest absolute Gasteiger partial charge is 0.345 e. The molecule has 3 nitrogen and oxygen atoms in total. The summed E-state index contributed by atoms with van der Waals surface area (Å²) in [5.74, 6) is 0. The van der Waals surface area contributed by atoms with E-state index in [2.05, 4.69) is 22.1 Å². The van der Waals surface area contributed by atoms with Gasteiger partial charge in [0.25, 0.3) is 0 Å². The second-order valence-corrected chi connectivity index (χ2v) is 3.82. The number of nitrogens with one attached hydrogen (secondary N) is 1. The van der Waals surface area contributed by atoms with Crippen LogP contribution >= 0.6 is 0 Å². The Morgan fingerprint density at radius 1 is 1.00 bits per heavy atom. The highest BCUT2D eigenvalue weighted by Gasteiger charge is 2.01. The van der Waals surface area contributed by atoms with Crippen molar-refractivity contribution in [2.24, 2.45) is 0 Å². The van der Waals surface area contributed by atoms with Gasteiger partial charge < -0.3 is 4.98 Å². The zero-order valence-electron chi connectivity index (χ0n) is 9.01. The number of aromatic amines is 1. The van der Waals surface area contributed by atoms with Crippen LogP contribution in [0, 0.1) is 11.3 Å². The first-order chi connectivity index (χ1) is 8.36. The Labute approximate surface area is 98.4 Å². The quantitative estimate of drug-likeness (QED) is 0.683. The minimum absolute atomic E-state index is 0.677. The first kappa shape index (κ1) is 9.61. The fourth-order valence-corrected chi connectivity index (χ4v) is 1.85. The highest BCUT2D eigenvalue weighted by molar-refractivity contribution is 5.81. The van der Waals surface area contributed by atoms with Crippen molar-refractivity contribution in [1.82, 2.24) is 9.97 Å². The molecule has 3 heteroatoms. The van der Waals surface area contributed by atoms with Crippen molar-refractivity contribution in [3.05, 3.63) is 54.4 Å². The fourth-order valence-electron chi connectivity index (χ4n) is 1.85. The number of H-pyrrole nitrogens is 1. The smallest absolute Gasteiger partial charge is 0.0991 e. The summed E-state index contributed by atoms with van der Waals surface area (Å²) in [5.41, 5.74) is 4.87. The molecule has 0 unspecified atom stereocenters. The van der Waals surface area contributed by atoms with Crippen LogP contribution in [0.25, 0.3) is 22.2 Å². The number of nitriles is 1. The van der Waals surface area contributed by atoms with Crippen LogP contribution in [0.5, 0.6) is 0 Å². The summed E-state index contributed by atoms with van der Waals surface area (Å²) in [5, 5.41) is 8.75. The SMILES string of the molecule is N#Cc1ccc(-c2ccc3nc[nH]c3c2)cc1. The molecule has 3 aromatic rings. The molecule has 0 fully saturated rings. The standard InChI is InChI=1S/C14H9N3/c15-8-10-1-3-11(4-2-10)12-5-6-13-14(7-12)17-9-16-13/h1-7,9H,(H,16,17). The number of imidazole rings is 1. The van der Waals surface area contributed by atoms with Gasteiger partial charge in [0.05, 0.1) is 29.0 Å². The van der Waals surface area contributed by atoms with Gasteiger partial charge in [0.2, 0.25) is 0 Å². The zero-order chi connectivity index (χ0) is 11.7. The number of hydrogen-bond donors (Lipinski definition) is 1. The minimum atomic E-state index is 0.677. The van der Waals surface area contributed by atoms with Crippen molar-refractivity contribution in [2.75, 3.05) is 0 Å². The van der Waals surface area contributed by atoms with E-state index in [-0.39, 0.29) is 0 Å². The molecule has 0 amide bonds. The number of fused-ring (bicyclic) bond motifs is 1. The second kappa shape index (κ2) is 3.76. The first-order valence-electron chi connectivity index (χ1n) is 5.30. The Bertz CT molecular complexity index is 702. The van der Waals surface area contributed by atoms with Gasteiger partial charge in [-0.2, -0.15) is 5.26 Å². The maximum absolute atomic E-state index is 8.75. The molecule has 0 saturated carbocycles. The van der Waals surface area contributed by atoms with Gasteiger partial charge >= 0.3 is 0 Å². The lowest BCUT2D eigenvalue weighted by Crippen LogP contribution is -1.79. The minimum Gasteiger partial charge on any atom is -0.345 e. The van der Waals surface area contributed by atoms with Crippen molar-refractivity contribution < 1.29 is 0 Å². The van der Waals surface area contributed by atoms with Gasteiger partial charge in [0.1, 0.15) is 0 Å². The van der Waals surface area contributed by atoms with Crippen LogP contribution in [0.15, 0.2) is 48.8 Å². The van der Waals surface area contributed by atoms with Gasteiger partial charge in [-0.25, -0.2) is 4.98 Å². The summed E-state index contributed by atoms with van der Waals surface area (Å²) < 4.78 is 0. The van der Waals surface area contributed by atoms with E-state index in [1.807, 2.05) is 36.4 Å². The molecule has 0 saturated heterocycles. The highest BCUT2D eigenvalue weighted by Crippen LogP contribution is 2.22. The Hall–Kier alpha value is -2.60. The topological polar surface area (TPSA) is 52.5 Å². The van der Waals surface area contributed by atoms with Crippen LogP contribution in [0.1, 0.15) is 5.56 Å². The van der Waals surface area contributed by atoms with E-state index >= 15 is 0 Å². The number of hydrogen-bond acceptors (Lipinski definition) is 2. The number of aromatic nitrogens is 2. The van der Waals surface area contributed by atoms with Crippen molar-refractivity contribution in [2.45, 2.75) is 0 Å². The highest BCUT2D eigenvalue weighted by atomic mass is 14.9. The molecule has 0 aliphatic carbocycles. The summed E-state index contributed by atoms with van der Waals surface area (Å²) >= 11 is 0. The third-order valence-corrected chi connectivity index (χ3v) is 2.77. The third kappa shape index (κ3) is 1.66. The Morgan fingerprint density at radius 2 is 1.76 bits per heavy atom. The van der Waals surface area contributed by atoms with Crippen LogP contribution in [-0.4, -0.2) is 9.97 Å². The van der Waals surface area contributed by atoms with Gasteiger partial charge in [-0.1, -0.05) is 18.2 Å². The molecule has 3 rings (SSSR count). The van der Waals surface area contributed by atoms with E-state index in [1.165, 1.54) is 0 Å². The van der Waals surface area contributed by atoms with Crippen LogP contribution in [0.2, 0.25) is 0 Å². The molecule has 80 valence electrons. The Balaban J connectivity index is 2.10. The van der Waals surface area contributed by atoms with E-state index in [1.54, 1.807) is 6.33 Å². The van der Waals surface area contributed by atoms with E-state index in [9.17, 15) is 0 Å². The average molecular weight is 219 g/mol. The molecular formula is C14H9N3. The predicted molar refractivity (Wildman–Crippen MR) is 66.2 cm³/mol. The molecule has 0 aliphatic rings. The number of rotatable bonds is 1. The molecule has 0 aliphatic heterocycles. The molecule has 1 heterocycles. The maximum Gasteiger partial charge on any atom is 0.0991 e. The molecule has 0 radical (unpaired) electrons. The summed E-state index contributed by atoms with van der Waals surface area (Å²) in [4.78, 5) is 7.27. The van der Waals surface area contributed by atoms with Crippen molar-refractivity contribution in [1.29, 1.82) is 5.26 Å². The summed E-state index contributed by atoms with van der Waals surface area (Å²) in [7, 11) is 0. The van der Waals surface area contributed by atoms with Crippen molar-refractivity contribution >= 4 is 11.0 Å². The van der Waals surface area contributed by atoms with E-state index in [4.69, 9.17) is 5.26 Å². The fraction of sp³-hybridized carbons (Fsp3) is 0. The Morgan fingerprint density at radius 3 is 2.53 bits per heavy atom. The van der Waals surface area contributed by atoms with Crippen LogP contribution in [0.4, 0.5) is 0 Å². The Kier molecular flexibility index (Phi) is 2.13. The van der Waals surface area contributed by atoms with E-state index in [0.717, 1.165) is 22.2 Å². The lowest BCUT2D eigenvalue weighted by atomic mass is 10.0. The molecule has 2 aromatic carbocycles. The summed E-state index contributed by atoms with van der Waals surface area (Å²) in [6.07, 6.45) is 1.69. The molecular weight excluding hydrogens is 210 g/mol. The van der Waals surface area contributed by atoms with Gasteiger partial charge in [0.15, 0.2) is 0 Å². The van der Waals surface area contributed by atoms with Crippen LogP contribution in [0.3, 0.4) is 0 Å². The zero-order valence-corrected chi connectivity index (χ0v) is 9.01. The average Bonchev–Trinajstić information content (AvgIpc) is 2.86. The maximum atomic E-state index is 8.75. The van der Waals surface area contributed by atoms with Crippen molar-refractivity contribution in [3.63, 3.8) is 0 Å². The van der Waals surface area contributed by atoms with Crippen molar-refractivity contribution in [3.8, 4) is 17.2 Å². The summed E-state index contributed by atoms with van der Waals surface area (Å²) in [6.45, 7) is 0. The first-order valence-corrected chi connectivity index (χ1v) is 5.30. The third-order valence-electron chi connectivity index (χ3n) is 2.77. The second-order valence-electron chi connectivity index (χ2n) is 3.82. The van der Waals surface area contributed by atoms with Gasteiger partial charge in [-0.05, 0) is 35.4 Å². The molecule has 0 spiro atoms. The lowest BCUT2D eigenvalue weighted by Gasteiger charge is -2.01. The van der Waals surface area contributed by atoms with Gasteiger partial charge in [-0.15, -0.1) is 0 Å².